The Morgan fingerprint density at radius 2 is 1.92 bits per heavy atom. The molecule has 4 rings (SSSR count). The molecule has 4 saturated carbocycles. The van der Waals surface area contributed by atoms with Crippen molar-refractivity contribution in [3.05, 3.63) is 0 Å². The summed E-state index contributed by atoms with van der Waals surface area (Å²) in [6.45, 7) is 6.89. The Kier molecular flexibility index (Phi) is 4.29. The Labute approximate surface area is 148 Å². The van der Waals surface area contributed by atoms with E-state index in [1.807, 2.05) is 6.92 Å². The maximum Gasteiger partial charge on any atom is 0.120 e. The molecule has 0 aliphatic heterocycles. The molecule has 0 aromatic heterocycles. The first-order valence-corrected chi connectivity index (χ1v) is 9.97. The van der Waals surface area contributed by atoms with Crippen molar-refractivity contribution in [2.45, 2.75) is 86.0 Å². The van der Waals surface area contributed by atoms with Gasteiger partial charge in [0.05, 0.1) is 0 Å². The van der Waals surface area contributed by atoms with E-state index in [1.165, 1.54) is 57.7 Å². The summed E-state index contributed by atoms with van der Waals surface area (Å²) in [5.74, 6) is 2.90. The van der Waals surface area contributed by atoms with Crippen LogP contribution in [-0.2, 0) is 4.79 Å². The van der Waals surface area contributed by atoms with Crippen molar-refractivity contribution in [1.82, 2.24) is 0 Å². The fourth-order valence-corrected chi connectivity index (χ4v) is 8.81. The van der Waals surface area contributed by atoms with Crippen molar-refractivity contribution in [2.24, 2.45) is 39.9 Å². The van der Waals surface area contributed by atoms with E-state index in [0.29, 0.717) is 28.1 Å². The molecule has 4 aliphatic carbocycles. The Bertz CT molecular complexity index is 542. The van der Waals surface area contributed by atoms with E-state index < -0.39 is 0 Å². The molecule has 0 saturated heterocycles. The highest BCUT2D eigenvalue weighted by molar-refractivity contribution is 5.82. The van der Waals surface area contributed by atoms with Crippen LogP contribution in [0.4, 0.5) is 0 Å². The van der Waals surface area contributed by atoms with Gasteiger partial charge in [0.25, 0.3) is 0 Å². The smallest absolute Gasteiger partial charge is 0.120 e. The lowest BCUT2D eigenvalue weighted by atomic mass is 9.59. The monoisotopic (exact) mass is 331 g/mol. The van der Waals surface area contributed by atoms with Crippen LogP contribution in [0.25, 0.3) is 0 Å². The molecule has 0 bridgehead atoms. The zero-order chi connectivity index (χ0) is 16.5. The Morgan fingerprint density at radius 3 is 2.54 bits per heavy atom. The minimum absolute atomic E-state index is 0. The van der Waals surface area contributed by atoms with Gasteiger partial charge < -0.3 is 10.2 Å². The van der Waals surface area contributed by atoms with E-state index in [9.17, 15) is 4.79 Å². The van der Waals surface area contributed by atoms with Gasteiger partial charge in [0.1, 0.15) is 6.29 Å². The summed E-state index contributed by atoms with van der Waals surface area (Å²) in [7, 11) is 0. The molecule has 0 aromatic rings. The predicted octanol–water partition coefficient (Wildman–Crippen LogP) is 5.89. The summed E-state index contributed by atoms with van der Waals surface area (Å²) in [6, 6.07) is 0. The fourth-order valence-electron chi connectivity index (χ4n) is 8.81. The molecule has 0 aromatic carbocycles. The van der Waals surface area contributed by atoms with Gasteiger partial charge in [-0.2, -0.15) is 0 Å². The van der Waals surface area contributed by atoms with Gasteiger partial charge in [0, 0.05) is 18.1 Å². The molecule has 0 amide bonds. The molecule has 7 atom stereocenters. The van der Waals surface area contributed by atoms with E-state index >= 15 is 0 Å². The van der Waals surface area contributed by atoms with Crippen molar-refractivity contribution in [3.63, 3.8) is 0 Å². The molecule has 2 heteroatoms. The van der Waals surface area contributed by atoms with Crippen LogP contribution in [-0.4, -0.2) is 12.0 Å². The molecule has 7 unspecified atom stereocenters. The third-order valence-corrected chi connectivity index (χ3v) is 9.16. The molecule has 4 aliphatic rings. The third-order valence-electron chi connectivity index (χ3n) is 9.16. The Balaban J connectivity index is 0.00000169. The van der Waals surface area contributed by atoms with E-state index in [1.54, 1.807) is 0 Å². The predicted molar refractivity (Wildman–Crippen MR) is 100 cm³/mol. The molecular weight excluding hydrogens is 294 g/mol. The topological polar surface area (TPSA) is 40.9 Å². The lowest BCUT2D eigenvalue weighted by molar-refractivity contribution is -0.109. The van der Waals surface area contributed by atoms with Gasteiger partial charge in [0.15, 0.2) is 0 Å². The molecule has 2 nitrogen and oxygen atoms in total. The first kappa shape index (κ1) is 18.1. The number of carbonyl (C=O) groups is 1. The summed E-state index contributed by atoms with van der Waals surface area (Å²) >= 11 is 0. The molecule has 1 spiro atoms. The zero-order valence-electron chi connectivity index (χ0n) is 15.2. The highest BCUT2D eigenvalue weighted by Gasteiger charge is 2.85. The van der Waals surface area contributed by atoms with Gasteiger partial charge in [0.2, 0.25) is 0 Å². The van der Waals surface area contributed by atoms with Crippen molar-refractivity contribution >= 4 is 12.0 Å². The SMILES string of the molecule is C.CCCC12C(CC=O)CCC13C1CCC(C(C)=N)C1(C)CCC23. The average Bonchev–Trinajstić information content (AvgIpc) is 2.76. The molecule has 0 heterocycles. The van der Waals surface area contributed by atoms with Crippen LogP contribution in [0, 0.1) is 45.3 Å². The number of nitrogens with one attached hydrogen (secondary N) is 1. The van der Waals surface area contributed by atoms with Gasteiger partial charge in [-0.25, -0.2) is 0 Å². The van der Waals surface area contributed by atoms with Crippen molar-refractivity contribution in [3.8, 4) is 0 Å². The minimum atomic E-state index is 0. The number of fused-ring (bicyclic) bond motifs is 2. The summed E-state index contributed by atoms with van der Waals surface area (Å²) in [5.41, 5.74) is 2.34. The number of rotatable bonds is 5. The molecule has 1 N–H and O–H groups in total. The van der Waals surface area contributed by atoms with Gasteiger partial charge >= 0.3 is 0 Å². The maximum absolute atomic E-state index is 11.3. The second kappa shape index (κ2) is 5.68. The second-order valence-corrected chi connectivity index (χ2v) is 9.43. The highest BCUT2D eigenvalue weighted by Crippen LogP contribution is 2.90. The molecule has 4 fully saturated rings. The van der Waals surface area contributed by atoms with Crippen LogP contribution >= 0.6 is 0 Å². The maximum atomic E-state index is 11.3. The fraction of sp³-hybridized carbons (Fsp3) is 0.909. The van der Waals surface area contributed by atoms with Crippen LogP contribution < -0.4 is 0 Å². The standard InChI is InChI=1S/C21H33NO.CH4/c1-4-10-20-15(9-13-23)7-12-21(20)17-6-5-16(14(2)22)19(17,3)11-8-18(20)21;/h13,15-18,22H,4-12H2,1-3H3;1H4. The first-order valence-electron chi connectivity index (χ1n) is 9.97. The number of carbonyl (C=O) groups excluding carboxylic acids is 1. The Hall–Kier alpha value is -0.660. The normalized spacial score (nSPS) is 51.1. The van der Waals surface area contributed by atoms with Gasteiger partial charge in [-0.15, -0.1) is 0 Å². The molecule has 0 radical (unpaired) electrons. The van der Waals surface area contributed by atoms with Gasteiger partial charge in [-0.05, 0) is 85.9 Å². The summed E-state index contributed by atoms with van der Waals surface area (Å²) < 4.78 is 0. The van der Waals surface area contributed by atoms with Crippen LogP contribution in [0.3, 0.4) is 0 Å². The van der Waals surface area contributed by atoms with Crippen LogP contribution in [0.1, 0.15) is 86.0 Å². The van der Waals surface area contributed by atoms with Crippen molar-refractivity contribution in [2.75, 3.05) is 0 Å². The van der Waals surface area contributed by atoms with E-state index in [0.717, 1.165) is 24.0 Å². The van der Waals surface area contributed by atoms with Gasteiger partial charge in [-0.1, -0.05) is 27.7 Å². The van der Waals surface area contributed by atoms with Crippen LogP contribution in [0.15, 0.2) is 0 Å². The van der Waals surface area contributed by atoms with Crippen molar-refractivity contribution < 1.29 is 4.79 Å². The van der Waals surface area contributed by atoms with Gasteiger partial charge in [-0.3, -0.25) is 0 Å². The first-order chi connectivity index (χ1) is 11.0. The number of aldehydes is 1. The summed E-state index contributed by atoms with van der Waals surface area (Å²) in [4.78, 5) is 11.3. The largest absolute Gasteiger partial charge is 0.310 e. The van der Waals surface area contributed by atoms with E-state index in [-0.39, 0.29) is 7.43 Å². The quantitative estimate of drug-likeness (QED) is 0.495. The average molecular weight is 332 g/mol. The van der Waals surface area contributed by atoms with Crippen molar-refractivity contribution in [1.29, 1.82) is 5.41 Å². The third kappa shape index (κ3) is 1.78. The van der Waals surface area contributed by atoms with E-state index in [2.05, 4.69) is 13.8 Å². The second-order valence-electron chi connectivity index (χ2n) is 9.43. The van der Waals surface area contributed by atoms with E-state index in [4.69, 9.17) is 5.41 Å². The lowest BCUT2D eigenvalue weighted by Crippen LogP contribution is -2.40. The minimum Gasteiger partial charge on any atom is -0.310 e. The molecular formula is C22H37NO. The van der Waals surface area contributed by atoms with Crippen LogP contribution in [0.2, 0.25) is 0 Å². The molecule has 136 valence electrons. The number of hydrogen-bond acceptors (Lipinski definition) is 2. The number of hydrogen-bond donors (Lipinski definition) is 1. The lowest BCUT2D eigenvalue weighted by Gasteiger charge is -2.45. The Morgan fingerprint density at radius 1 is 1.17 bits per heavy atom. The van der Waals surface area contributed by atoms with Crippen LogP contribution in [0.5, 0.6) is 0 Å². The zero-order valence-corrected chi connectivity index (χ0v) is 15.2. The summed E-state index contributed by atoms with van der Waals surface area (Å²) in [5, 5.41) is 8.29. The summed E-state index contributed by atoms with van der Waals surface area (Å²) in [6.07, 6.45) is 12.5. The molecule has 24 heavy (non-hydrogen) atoms. The highest BCUT2D eigenvalue weighted by atomic mass is 16.1.